The predicted molar refractivity (Wildman–Crippen MR) is 119 cm³/mol. The average molecular weight is 449 g/mol. The summed E-state index contributed by atoms with van der Waals surface area (Å²) in [5.41, 5.74) is 4.81. The van der Waals surface area contributed by atoms with Crippen LogP contribution in [0.15, 0.2) is 24.3 Å². The number of hydrogen-bond acceptors (Lipinski definition) is 6. The average Bonchev–Trinajstić information content (AvgIpc) is 2.57. The normalized spacial score (nSPS) is 14.4. The van der Waals surface area contributed by atoms with Crippen LogP contribution < -0.4 is 11.3 Å². The number of quaternary nitrogens is 2. The van der Waals surface area contributed by atoms with Gasteiger partial charge in [-0.25, -0.2) is 5.43 Å². The smallest absolute Gasteiger partial charge is 0.381 e. The van der Waals surface area contributed by atoms with Gasteiger partial charge in [0, 0.05) is 29.4 Å². The fraction of sp³-hybridized carbons (Fsp3) is 0.632. The van der Waals surface area contributed by atoms with Gasteiger partial charge in [0.25, 0.3) is 0 Å². The number of carbonyl (C=O) groups is 1. The van der Waals surface area contributed by atoms with Crippen molar-refractivity contribution >= 4 is 24.5 Å². The van der Waals surface area contributed by atoms with E-state index in [9.17, 15) is 9.69 Å². The summed E-state index contributed by atoms with van der Waals surface area (Å²) in [6, 6.07) is 8.81. The van der Waals surface area contributed by atoms with Gasteiger partial charge in [0.2, 0.25) is 0 Å². The maximum Gasteiger partial charge on any atom is 0.381 e. The van der Waals surface area contributed by atoms with Crippen LogP contribution in [-0.4, -0.2) is 68.3 Å². The van der Waals surface area contributed by atoms with Crippen molar-refractivity contribution in [3.8, 4) is 0 Å². The Morgan fingerprint density at radius 1 is 1.10 bits per heavy atom. The number of carbonyl (C=O) groups excluding carboxylic acids is 1. The van der Waals surface area contributed by atoms with Crippen LogP contribution in [0.25, 0.3) is 0 Å². The molecule has 0 spiro atoms. The molecule has 0 fully saturated rings. The molecule has 0 bridgehead atoms. The molecular formula is C19H37N4O4PS+2. The molecule has 1 atom stereocenters. The highest BCUT2D eigenvalue weighted by Crippen LogP contribution is 2.43. The molecule has 0 saturated carbocycles. The topological polar surface area (TPSA) is 93.8 Å². The molecule has 1 unspecified atom stereocenters. The van der Waals surface area contributed by atoms with E-state index in [0.717, 1.165) is 35.0 Å². The standard InChI is InChI=1S/C19H36N4O4PS/c1-22(2,3)14-17-9-11-18(12-10-17)15-23(4,5)13-7-6-8-19(24)27-28(25,29)26-16-21-20/h9-12,21H,6-8,13-16,20H2,1-5H3/q+1/p+1. The van der Waals surface area contributed by atoms with E-state index in [0.29, 0.717) is 6.42 Å². The lowest BCUT2D eigenvalue weighted by atomic mass is 10.1. The highest BCUT2D eigenvalue weighted by molar-refractivity contribution is 8.07. The van der Waals surface area contributed by atoms with Crippen molar-refractivity contribution in [3.63, 3.8) is 0 Å². The first kappa shape index (κ1) is 26.1. The van der Waals surface area contributed by atoms with Gasteiger partial charge in [-0.15, -0.1) is 0 Å². The van der Waals surface area contributed by atoms with E-state index in [-0.39, 0.29) is 13.2 Å². The van der Waals surface area contributed by atoms with Crippen LogP contribution in [-0.2, 0) is 38.7 Å². The number of nitrogens with zero attached hydrogens (tertiary/aromatic N) is 2. The molecule has 1 rings (SSSR count). The van der Waals surface area contributed by atoms with E-state index in [2.05, 4.69) is 64.9 Å². The van der Waals surface area contributed by atoms with Crippen LogP contribution in [0.3, 0.4) is 0 Å². The van der Waals surface area contributed by atoms with Gasteiger partial charge in [-0.05, 0) is 12.8 Å². The number of rotatable bonds is 13. The molecule has 1 aromatic rings. The summed E-state index contributed by atoms with van der Waals surface area (Å²) < 4.78 is 11.4. The van der Waals surface area contributed by atoms with Crippen LogP contribution in [0, 0.1) is 0 Å². The minimum Gasteiger partial charge on any atom is -0.391 e. The summed E-state index contributed by atoms with van der Waals surface area (Å²) in [4.78, 5) is 21.5. The lowest BCUT2D eigenvalue weighted by Gasteiger charge is -2.30. The number of benzene rings is 1. The second-order valence-electron chi connectivity index (χ2n) is 8.95. The molecule has 0 heterocycles. The molecule has 0 radical (unpaired) electrons. The highest BCUT2D eigenvalue weighted by Gasteiger charge is 2.21. The largest absolute Gasteiger partial charge is 0.391 e. The molecule has 0 aliphatic carbocycles. The van der Waals surface area contributed by atoms with E-state index < -0.39 is 12.7 Å². The summed E-state index contributed by atoms with van der Waals surface area (Å²) in [6.07, 6.45) is 1.72. The second kappa shape index (κ2) is 11.5. The Morgan fingerprint density at radius 2 is 1.66 bits per heavy atom. The molecule has 0 aromatic heterocycles. The van der Waals surface area contributed by atoms with Crippen LogP contribution in [0.1, 0.15) is 30.4 Å². The van der Waals surface area contributed by atoms with Crippen LogP contribution in [0.5, 0.6) is 0 Å². The fourth-order valence-corrected chi connectivity index (χ4v) is 4.05. The highest BCUT2D eigenvalue weighted by atomic mass is 32.5. The van der Waals surface area contributed by atoms with Gasteiger partial charge in [0.15, 0.2) is 0 Å². The summed E-state index contributed by atoms with van der Waals surface area (Å²) in [5.74, 6) is 4.48. The molecule has 29 heavy (non-hydrogen) atoms. The molecule has 0 saturated heterocycles. The monoisotopic (exact) mass is 448 g/mol. The first-order valence-electron chi connectivity index (χ1n) is 9.65. The molecule has 0 aliphatic heterocycles. The zero-order chi connectivity index (χ0) is 22.1. The maximum atomic E-state index is 11.8. The van der Waals surface area contributed by atoms with Gasteiger partial charge in [0.05, 0.1) is 41.8 Å². The van der Waals surface area contributed by atoms with Crippen LogP contribution in [0.4, 0.5) is 0 Å². The molecule has 4 N–H and O–H groups in total. The van der Waals surface area contributed by atoms with Gasteiger partial charge in [-0.2, -0.15) is 0 Å². The SMILES string of the molecule is C[N+](C)(C)Cc1ccc(C[N+](C)(C)CCCCC(=O)OP(O)(=S)OCNN)cc1. The minimum atomic E-state index is -3.57. The molecule has 1 aromatic carbocycles. The van der Waals surface area contributed by atoms with Gasteiger partial charge >= 0.3 is 12.7 Å². The number of hydrogen-bond donors (Lipinski definition) is 3. The fourth-order valence-electron chi connectivity index (χ4n) is 3.00. The Morgan fingerprint density at radius 3 is 2.17 bits per heavy atom. The van der Waals surface area contributed by atoms with E-state index in [4.69, 9.17) is 26.7 Å². The quantitative estimate of drug-likeness (QED) is 0.106. The van der Waals surface area contributed by atoms with Crippen molar-refractivity contribution in [1.82, 2.24) is 5.43 Å². The molecule has 166 valence electrons. The number of unbranched alkanes of at least 4 members (excludes halogenated alkanes) is 1. The third kappa shape index (κ3) is 12.4. The van der Waals surface area contributed by atoms with Gasteiger partial charge in [0.1, 0.15) is 19.8 Å². The maximum absolute atomic E-state index is 11.8. The molecule has 0 amide bonds. The van der Waals surface area contributed by atoms with Gasteiger partial charge < -0.3 is 18.4 Å². The molecule has 8 nitrogen and oxygen atoms in total. The first-order chi connectivity index (χ1) is 13.3. The molecule has 0 aliphatic rings. The zero-order valence-electron chi connectivity index (χ0n) is 18.3. The van der Waals surface area contributed by atoms with Gasteiger partial charge in [-0.3, -0.25) is 15.2 Å². The Kier molecular flexibility index (Phi) is 10.3. The Labute approximate surface area is 180 Å². The van der Waals surface area contributed by atoms with Crippen molar-refractivity contribution in [2.24, 2.45) is 5.84 Å². The summed E-state index contributed by atoms with van der Waals surface area (Å²) in [7, 11) is 10.9. The number of nitrogens with one attached hydrogen (secondary N) is 1. The number of hydrazine groups is 1. The molecule has 10 heteroatoms. The lowest BCUT2D eigenvalue weighted by Crippen LogP contribution is -2.39. The number of nitrogens with two attached hydrogens (primary N) is 1. The van der Waals surface area contributed by atoms with Crippen molar-refractivity contribution < 1.29 is 27.7 Å². The third-order valence-corrected chi connectivity index (χ3v) is 5.64. The Bertz CT molecular complexity index is 692. The zero-order valence-corrected chi connectivity index (χ0v) is 20.0. The van der Waals surface area contributed by atoms with E-state index >= 15 is 0 Å². The Balaban J connectivity index is 2.38. The van der Waals surface area contributed by atoms with E-state index in [1.807, 2.05) is 0 Å². The van der Waals surface area contributed by atoms with Crippen LogP contribution >= 0.6 is 6.72 Å². The van der Waals surface area contributed by atoms with E-state index in [1.165, 1.54) is 11.1 Å². The summed E-state index contributed by atoms with van der Waals surface area (Å²) >= 11 is 4.74. The third-order valence-electron chi connectivity index (χ3n) is 4.21. The first-order valence-corrected chi connectivity index (χ1v) is 12.2. The van der Waals surface area contributed by atoms with Gasteiger partial charge in [-0.1, -0.05) is 24.3 Å². The molecular weight excluding hydrogens is 411 g/mol. The van der Waals surface area contributed by atoms with Crippen molar-refractivity contribution in [2.45, 2.75) is 32.4 Å². The van der Waals surface area contributed by atoms with Crippen molar-refractivity contribution in [2.75, 3.05) is 48.5 Å². The van der Waals surface area contributed by atoms with Crippen molar-refractivity contribution in [1.29, 1.82) is 0 Å². The summed E-state index contributed by atoms with van der Waals surface area (Å²) in [5, 5.41) is 0. The van der Waals surface area contributed by atoms with Crippen molar-refractivity contribution in [3.05, 3.63) is 35.4 Å². The predicted octanol–water partition coefficient (Wildman–Crippen LogP) is 1.84. The second-order valence-corrected chi connectivity index (χ2v) is 11.7. The minimum absolute atomic E-state index is 0.178. The lowest BCUT2D eigenvalue weighted by molar-refractivity contribution is -0.903. The summed E-state index contributed by atoms with van der Waals surface area (Å²) in [6.45, 7) is -0.898. The van der Waals surface area contributed by atoms with E-state index in [1.54, 1.807) is 0 Å². The Hall–Kier alpha value is -0.900. The van der Waals surface area contributed by atoms with Crippen LogP contribution in [0.2, 0.25) is 0 Å².